The molecular formula is C9H5FINO2. The number of hydrogen-bond donors (Lipinski definition) is 1. The lowest BCUT2D eigenvalue weighted by atomic mass is 10.1. The third kappa shape index (κ3) is 1.70. The molecular weight excluding hydrogens is 300 g/mol. The minimum Gasteiger partial charge on any atom is -0.478 e. The van der Waals surface area contributed by atoms with E-state index in [4.69, 9.17) is 10.4 Å². The van der Waals surface area contributed by atoms with Gasteiger partial charge in [-0.05, 0) is 35.6 Å². The molecule has 0 atom stereocenters. The SMILES string of the molecule is Cc1c(F)c(C(=O)O)cc(I)c1C#N. The maximum absolute atomic E-state index is 13.3. The van der Waals surface area contributed by atoms with E-state index in [2.05, 4.69) is 0 Å². The molecule has 0 fully saturated rings. The molecule has 0 aliphatic rings. The molecule has 0 spiro atoms. The van der Waals surface area contributed by atoms with Crippen LogP contribution in [-0.2, 0) is 0 Å². The summed E-state index contributed by atoms with van der Waals surface area (Å²) in [7, 11) is 0. The Morgan fingerprint density at radius 2 is 2.29 bits per heavy atom. The number of benzene rings is 1. The standard InChI is InChI=1S/C9H5FINO2/c1-4-6(3-12)7(11)2-5(8(4)10)9(13)14/h2H,1H3,(H,13,14). The van der Waals surface area contributed by atoms with E-state index >= 15 is 0 Å². The van der Waals surface area contributed by atoms with E-state index in [1.165, 1.54) is 6.92 Å². The largest absolute Gasteiger partial charge is 0.478 e. The molecule has 0 saturated carbocycles. The summed E-state index contributed by atoms with van der Waals surface area (Å²) in [5, 5.41) is 17.3. The lowest BCUT2D eigenvalue weighted by Gasteiger charge is -2.05. The third-order valence-corrected chi connectivity index (χ3v) is 2.64. The number of carboxylic acid groups (broad SMARTS) is 1. The fourth-order valence-electron chi connectivity index (χ4n) is 1.05. The Labute approximate surface area is 93.3 Å². The quantitative estimate of drug-likeness (QED) is 0.810. The summed E-state index contributed by atoms with van der Waals surface area (Å²) >= 11 is 1.81. The maximum Gasteiger partial charge on any atom is 0.338 e. The Hall–Kier alpha value is -1.16. The highest BCUT2D eigenvalue weighted by atomic mass is 127. The molecule has 0 unspecified atom stereocenters. The number of hydrogen-bond acceptors (Lipinski definition) is 2. The van der Waals surface area contributed by atoms with Crippen LogP contribution in [0.1, 0.15) is 21.5 Å². The predicted molar refractivity (Wildman–Crippen MR) is 55.5 cm³/mol. The van der Waals surface area contributed by atoms with Crippen LogP contribution >= 0.6 is 22.6 Å². The highest BCUT2D eigenvalue weighted by molar-refractivity contribution is 14.1. The first-order valence-corrected chi connectivity index (χ1v) is 4.69. The maximum atomic E-state index is 13.3. The van der Waals surface area contributed by atoms with Crippen molar-refractivity contribution in [3.8, 4) is 6.07 Å². The number of carboxylic acids is 1. The van der Waals surface area contributed by atoms with Gasteiger partial charge in [-0.2, -0.15) is 5.26 Å². The van der Waals surface area contributed by atoms with Crippen molar-refractivity contribution in [3.05, 3.63) is 32.1 Å². The van der Waals surface area contributed by atoms with Gasteiger partial charge < -0.3 is 5.11 Å². The van der Waals surface area contributed by atoms with Crippen LogP contribution in [0, 0.1) is 27.6 Å². The van der Waals surface area contributed by atoms with Gasteiger partial charge in [0.1, 0.15) is 11.9 Å². The normalized spacial score (nSPS) is 9.57. The van der Waals surface area contributed by atoms with Crippen LogP contribution in [0.3, 0.4) is 0 Å². The second-order valence-corrected chi connectivity index (χ2v) is 3.80. The van der Waals surface area contributed by atoms with Gasteiger partial charge in [-0.15, -0.1) is 0 Å². The number of carbonyl (C=O) groups is 1. The summed E-state index contributed by atoms with van der Waals surface area (Å²) in [5.41, 5.74) is -0.129. The number of rotatable bonds is 1. The fourth-order valence-corrected chi connectivity index (χ4v) is 1.88. The fraction of sp³-hybridized carbons (Fsp3) is 0.111. The van der Waals surface area contributed by atoms with Crippen LogP contribution in [0.15, 0.2) is 6.07 Å². The van der Waals surface area contributed by atoms with Gasteiger partial charge in [0.25, 0.3) is 0 Å². The minimum atomic E-state index is -1.33. The summed E-state index contributed by atoms with van der Waals surface area (Å²) in [6, 6.07) is 2.99. The molecule has 0 saturated heterocycles. The highest BCUT2D eigenvalue weighted by Gasteiger charge is 2.17. The van der Waals surface area contributed by atoms with Crippen LogP contribution in [0.4, 0.5) is 4.39 Å². The van der Waals surface area contributed by atoms with Crippen LogP contribution in [0.5, 0.6) is 0 Å². The first kappa shape index (κ1) is 10.9. The topological polar surface area (TPSA) is 61.1 Å². The van der Waals surface area contributed by atoms with E-state index in [1.54, 1.807) is 0 Å². The zero-order valence-electron chi connectivity index (χ0n) is 7.14. The van der Waals surface area contributed by atoms with Crippen molar-refractivity contribution in [2.45, 2.75) is 6.92 Å². The van der Waals surface area contributed by atoms with E-state index in [9.17, 15) is 9.18 Å². The molecule has 0 bridgehead atoms. The van der Waals surface area contributed by atoms with Crippen molar-refractivity contribution in [3.63, 3.8) is 0 Å². The van der Waals surface area contributed by atoms with E-state index in [1.807, 2.05) is 28.7 Å². The molecule has 0 amide bonds. The van der Waals surface area contributed by atoms with Crippen molar-refractivity contribution in [1.29, 1.82) is 5.26 Å². The van der Waals surface area contributed by atoms with E-state index in [0.717, 1.165) is 6.07 Å². The Kier molecular flexibility index (Phi) is 3.06. The molecule has 0 heterocycles. The predicted octanol–water partition coefficient (Wildman–Crippen LogP) is 2.31. The van der Waals surface area contributed by atoms with Gasteiger partial charge in [0, 0.05) is 9.13 Å². The van der Waals surface area contributed by atoms with Crippen LogP contribution in [0.2, 0.25) is 0 Å². The van der Waals surface area contributed by atoms with Gasteiger partial charge in [0.05, 0.1) is 11.1 Å². The molecule has 0 aromatic heterocycles. The van der Waals surface area contributed by atoms with Gasteiger partial charge in [0.15, 0.2) is 0 Å². The molecule has 1 N–H and O–H groups in total. The van der Waals surface area contributed by atoms with Gasteiger partial charge in [-0.1, -0.05) is 0 Å². The summed E-state index contributed by atoms with van der Waals surface area (Å²) in [4.78, 5) is 10.6. The molecule has 1 rings (SSSR count). The molecule has 3 nitrogen and oxygen atoms in total. The first-order valence-electron chi connectivity index (χ1n) is 3.61. The van der Waals surface area contributed by atoms with Crippen molar-refractivity contribution in [1.82, 2.24) is 0 Å². The Morgan fingerprint density at radius 1 is 1.71 bits per heavy atom. The molecule has 72 valence electrons. The van der Waals surface area contributed by atoms with Crippen LogP contribution in [0.25, 0.3) is 0 Å². The number of nitrogens with zero attached hydrogens (tertiary/aromatic N) is 1. The van der Waals surface area contributed by atoms with Gasteiger partial charge in [-0.25, -0.2) is 9.18 Å². The second-order valence-electron chi connectivity index (χ2n) is 2.64. The molecule has 0 aliphatic carbocycles. The zero-order valence-corrected chi connectivity index (χ0v) is 9.29. The van der Waals surface area contributed by atoms with E-state index in [-0.39, 0.29) is 11.1 Å². The van der Waals surface area contributed by atoms with Crippen molar-refractivity contribution in [2.75, 3.05) is 0 Å². The van der Waals surface area contributed by atoms with E-state index in [0.29, 0.717) is 3.57 Å². The second kappa shape index (κ2) is 3.92. The monoisotopic (exact) mass is 305 g/mol. The average molecular weight is 305 g/mol. The van der Waals surface area contributed by atoms with Gasteiger partial charge in [-0.3, -0.25) is 0 Å². The lowest BCUT2D eigenvalue weighted by Crippen LogP contribution is -2.05. The lowest BCUT2D eigenvalue weighted by molar-refractivity contribution is 0.0691. The van der Waals surface area contributed by atoms with Crippen LogP contribution < -0.4 is 0 Å². The van der Waals surface area contributed by atoms with Crippen molar-refractivity contribution < 1.29 is 14.3 Å². The Bertz CT molecular complexity index is 451. The van der Waals surface area contributed by atoms with Gasteiger partial charge in [0.2, 0.25) is 0 Å². The molecule has 5 heteroatoms. The number of halogens is 2. The number of aromatic carboxylic acids is 1. The summed E-state index contributed by atoms with van der Waals surface area (Å²) < 4.78 is 13.8. The third-order valence-electron chi connectivity index (χ3n) is 1.79. The van der Waals surface area contributed by atoms with Crippen LogP contribution in [-0.4, -0.2) is 11.1 Å². The minimum absolute atomic E-state index is 0.0804. The van der Waals surface area contributed by atoms with E-state index < -0.39 is 17.3 Å². The average Bonchev–Trinajstić information content (AvgIpc) is 2.12. The number of nitriles is 1. The molecule has 1 aromatic carbocycles. The smallest absolute Gasteiger partial charge is 0.338 e. The van der Waals surface area contributed by atoms with Crippen molar-refractivity contribution >= 4 is 28.6 Å². The molecule has 0 aliphatic heterocycles. The van der Waals surface area contributed by atoms with Gasteiger partial charge >= 0.3 is 5.97 Å². The molecule has 0 radical (unpaired) electrons. The molecule has 1 aromatic rings. The highest BCUT2D eigenvalue weighted by Crippen LogP contribution is 2.22. The Morgan fingerprint density at radius 3 is 2.71 bits per heavy atom. The summed E-state index contributed by atoms with van der Waals surface area (Å²) in [5.74, 6) is -2.16. The Balaban J connectivity index is 3.58. The summed E-state index contributed by atoms with van der Waals surface area (Å²) in [6.45, 7) is 1.39. The first-order chi connectivity index (χ1) is 6.49. The summed E-state index contributed by atoms with van der Waals surface area (Å²) in [6.07, 6.45) is 0. The van der Waals surface area contributed by atoms with Crippen molar-refractivity contribution in [2.24, 2.45) is 0 Å². The molecule has 14 heavy (non-hydrogen) atoms. The zero-order chi connectivity index (χ0) is 10.9.